The lowest BCUT2D eigenvalue weighted by Gasteiger charge is -2.26. The van der Waals surface area contributed by atoms with Crippen LogP contribution in [0.4, 0.5) is 0 Å². The van der Waals surface area contributed by atoms with Crippen molar-refractivity contribution in [2.45, 2.75) is 52.1 Å². The van der Waals surface area contributed by atoms with Crippen LogP contribution in [0.5, 0.6) is 5.88 Å². The molecule has 0 atom stereocenters. The molecule has 5 nitrogen and oxygen atoms in total. The zero-order valence-corrected chi connectivity index (χ0v) is 15.4. The van der Waals surface area contributed by atoms with Gasteiger partial charge < -0.3 is 4.74 Å². The van der Waals surface area contributed by atoms with Crippen LogP contribution in [0.15, 0.2) is 36.4 Å². The van der Waals surface area contributed by atoms with E-state index < -0.39 is 0 Å². The molecule has 0 fully saturated rings. The molecule has 1 heterocycles. The predicted octanol–water partition coefficient (Wildman–Crippen LogP) is 4.36. The maximum atomic E-state index is 11.0. The van der Waals surface area contributed by atoms with Gasteiger partial charge in [0.1, 0.15) is 0 Å². The van der Waals surface area contributed by atoms with Gasteiger partial charge in [0.15, 0.2) is 0 Å². The van der Waals surface area contributed by atoms with Crippen LogP contribution < -0.4 is 4.74 Å². The number of hydrogen-bond acceptors (Lipinski definition) is 4. The van der Waals surface area contributed by atoms with Gasteiger partial charge in [0.2, 0.25) is 12.3 Å². The first-order valence-electron chi connectivity index (χ1n) is 8.87. The summed E-state index contributed by atoms with van der Waals surface area (Å²) in [5.41, 5.74) is 0.606. The molecule has 0 saturated heterocycles. The smallest absolute Gasteiger partial charge is 0.233 e. The summed E-state index contributed by atoms with van der Waals surface area (Å²) in [4.78, 5) is 21.0. The van der Waals surface area contributed by atoms with Crippen LogP contribution in [0.2, 0.25) is 0 Å². The quantitative estimate of drug-likeness (QED) is 0.365. The van der Waals surface area contributed by atoms with Crippen LogP contribution in [0.3, 0.4) is 0 Å². The first-order valence-corrected chi connectivity index (χ1v) is 8.87. The SMILES string of the molecule is CC(C)(C)ON(C=O)CCCCCCOc1ccc2ccccc2n1. The normalized spacial score (nSPS) is 11.5. The van der Waals surface area contributed by atoms with E-state index in [4.69, 9.17) is 9.57 Å². The number of benzene rings is 1. The van der Waals surface area contributed by atoms with E-state index in [1.807, 2.05) is 57.2 Å². The Bertz CT molecular complexity index is 667. The Hall–Kier alpha value is -2.14. The van der Waals surface area contributed by atoms with Gasteiger partial charge >= 0.3 is 0 Å². The molecule has 1 aromatic heterocycles. The maximum absolute atomic E-state index is 11.0. The molecule has 0 bridgehead atoms. The fourth-order valence-electron chi connectivity index (χ4n) is 2.50. The van der Waals surface area contributed by atoms with Gasteiger partial charge in [0, 0.05) is 18.0 Å². The number of para-hydroxylation sites is 1. The van der Waals surface area contributed by atoms with Gasteiger partial charge in [0.05, 0.1) is 17.7 Å². The third kappa shape index (κ3) is 7.10. The predicted molar refractivity (Wildman–Crippen MR) is 99.3 cm³/mol. The molecule has 0 spiro atoms. The molecule has 0 unspecified atom stereocenters. The number of aromatic nitrogens is 1. The Morgan fingerprint density at radius 3 is 2.56 bits per heavy atom. The van der Waals surface area contributed by atoms with Crippen molar-refractivity contribution in [3.63, 3.8) is 0 Å². The minimum atomic E-state index is -0.346. The molecule has 0 aliphatic carbocycles. The standard InChI is InChI=1S/C20H28N2O3/c1-20(2,3)25-22(16-23)14-8-4-5-9-15-24-19-13-12-17-10-6-7-11-18(17)21-19/h6-7,10-13,16H,4-5,8-9,14-15H2,1-3H3. The lowest BCUT2D eigenvalue weighted by molar-refractivity contribution is -0.216. The number of amides is 1. The van der Waals surface area contributed by atoms with Crippen LogP contribution in [0.25, 0.3) is 10.9 Å². The second-order valence-electron chi connectivity index (χ2n) is 7.05. The molecule has 0 N–H and O–H groups in total. The van der Waals surface area contributed by atoms with E-state index in [2.05, 4.69) is 4.98 Å². The van der Waals surface area contributed by atoms with Crippen LogP contribution in [-0.2, 0) is 9.63 Å². The third-order valence-corrected chi connectivity index (χ3v) is 3.60. The van der Waals surface area contributed by atoms with Gasteiger partial charge in [-0.2, -0.15) is 0 Å². The Balaban J connectivity index is 1.60. The van der Waals surface area contributed by atoms with E-state index in [0.717, 1.165) is 43.0 Å². The van der Waals surface area contributed by atoms with E-state index in [9.17, 15) is 4.79 Å². The highest BCUT2D eigenvalue weighted by Gasteiger charge is 2.15. The van der Waals surface area contributed by atoms with Crippen molar-refractivity contribution in [2.24, 2.45) is 0 Å². The number of carbonyl (C=O) groups excluding carboxylic acids is 1. The van der Waals surface area contributed by atoms with Crippen molar-refractivity contribution in [3.05, 3.63) is 36.4 Å². The average molecular weight is 344 g/mol. The fraction of sp³-hybridized carbons (Fsp3) is 0.500. The fourth-order valence-corrected chi connectivity index (χ4v) is 2.50. The summed E-state index contributed by atoms with van der Waals surface area (Å²) in [6.45, 7) is 7.07. The number of ether oxygens (including phenoxy) is 1. The second-order valence-corrected chi connectivity index (χ2v) is 7.05. The van der Waals surface area contributed by atoms with Gasteiger partial charge in [-0.25, -0.2) is 10.0 Å². The topological polar surface area (TPSA) is 51.7 Å². The molecule has 0 aliphatic heterocycles. The van der Waals surface area contributed by atoms with Crippen molar-refractivity contribution in [1.29, 1.82) is 0 Å². The highest BCUT2D eigenvalue weighted by atomic mass is 16.7. The Labute approximate surface area is 149 Å². The van der Waals surface area contributed by atoms with Gasteiger partial charge in [-0.1, -0.05) is 24.6 Å². The molecule has 25 heavy (non-hydrogen) atoms. The van der Waals surface area contributed by atoms with E-state index in [1.165, 1.54) is 5.06 Å². The molecule has 1 amide bonds. The Morgan fingerprint density at radius 1 is 1.04 bits per heavy atom. The molecule has 2 rings (SSSR count). The van der Waals surface area contributed by atoms with Crippen LogP contribution in [-0.4, -0.2) is 35.2 Å². The Kier molecular flexibility index (Phi) is 7.19. The van der Waals surface area contributed by atoms with Crippen LogP contribution in [0, 0.1) is 0 Å². The van der Waals surface area contributed by atoms with E-state index in [0.29, 0.717) is 19.0 Å². The summed E-state index contributed by atoms with van der Waals surface area (Å²) < 4.78 is 5.73. The molecule has 0 radical (unpaired) electrons. The summed E-state index contributed by atoms with van der Waals surface area (Å²) in [5.74, 6) is 0.671. The number of hydrogen-bond donors (Lipinski definition) is 0. The second kappa shape index (κ2) is 9.37. The number of hydroxylamine groups is 2. The molecular formula is C20H28N2O3. The van der Waals surface area contributed by atoms with Gasteiger partial charge in [-0.3, -0.25) is 9.63 Å². The summed E-state index contributed by atoms with van der Waals surface area (Å²) in [6.07, 6.45) is 4.72. The minimum Gasteiger partial charge on any atom is -0.478 e. The summed E-state index contributed by atoms with van der Waals surface area (Å²) in [5, 5.41) is 2.50. The number of nitrogens with zero attached hydrogens (tertiary/aromatic N) is 2. The van der Waals surface area contributed by atoms with Gasteiger partial charge in [0.25, 0.3) is 0 Å². The van der Waals surface area contributed by atoms with Crippen molar-refractivity contribution < 1.29 is 14.4 Å². The number of unbranched alkanes of at least 4 members (excludes halogenated alkanes) is 3. The van der Waals surface area contributed by atoms with Crippen molar-refractivity contribution >= 4 is 17.3 Å². The number of pyridine rings is 1. The number of carbonyl (C=O) groups is 1. The summed E-state index contributed by atoms with van der Waals surface area (Å²) >= 11 is 0. The summed E-state index contributed by atoms with van der Waals surface area (Å²) in [6, 6.07) is 11.9. The summed E-state index contributed by atoms with van der Waals surface area (Å²) in [7, 11) is 0. The van der Waals surface area contributed by atoms with Crippen LogP contribution in [0.1, 0.15) is 46.5 Å². The number of rotatable bonds is 10. The van der Waals surface area contributed by atoms with Gasteiger partial charge in [-0.05, 0) is 52.2 Å². The lowest BCUT2D eigenvalue weighted by Crippen LogP contribution is -2.33. The third-order valence-electron chi connectivity index (χ3n) is 3.60. The minimum absolute atomic E-state index is 0.346. The molecule has 136 valence electrons. The molecular weight excluding hydrogens is 316 g/mol. The highest BCUT2D eigenvalue weighted by Crippen LogP contribution is 2.16. The van der Waals surface area contributed by atoms with E-state index in [-0.39, 0.29) is 5.60 Å². The first-order chi connectivity index (χ1) is 12.0. The molecule has 2 aromatic rings. The van der Waals surface area contributed by atoms with Crippen molar-refractivity contribution in [1.82, 2.24) is 10.0 Å². The average Bonchev–Trinajstić information content (AvgIpc) is 2.58. The molecule has 0 aliphatic rings. The molecule has 5 heteroatoms. The van der Waals surface area contributed by atoms with Gasteiger partial charge in [-0.15, -0.1) is 0 Å². The van der Waals surface area contributed by atoms with Crippen molar-refractivity contribution in [3.8, 4) is 5.88 Å². The molecule has 1 aromatic carbocycles. The zero-order chi connectivity index (χ0) is 18.1. The first kappa shape index (κ1) is 19.2. The van der Waals surface area contributed by atoms with E-state index >= 15 is 0 Å². The Morgan fingerprint density at radius 2 is 1.80 bits per heavy atom. The number of fused-ring (bicyclic) bond motifs is 1. The maximum Gasteiger partial charge on any atom is 0.233 e. The van der Waals surface area contributed by atoms with Crippen molar-refractivity contribution in [2.75, 3.05) is 13.2 Å². The zero-order valence-electron chi connectivity index (χ0n) is 15.4. The monoisotopic (exact) mass is 344 g/mol. The lowest BCUT2D eigenvalue weighted by atomic mass is 10.2. The molecule has 0 saturated carbocycles. The highest BCUT2D eigenvalue weighted by molar-refractivity contribution is 5.78. The largest absolute Gasteiger partial charge is 0.478 e. The van der Waals surface area contributed by atoms with Crippen LogP contribution >= 0.6 is 0 Å². The van der Waals surface area contributed by atoms with E-state index in [1.54, 1.807) is 0 Å².